The number of nitrogens with zero attached hydrogens (tertiary/aromatic N) is 2. The van der Waals surface area contributed by atoms with Gasteiger partial charge in [-0.1, -0.05) is 6.92 Å². The summed E-state index contributed by atoms with van der Waals surface area (Å²) in [6.45, 7) is 5.90. The molecule has 0 fully saturated rings. The van der Waals surface area contributed by atoms with Gasteiger partial charge in [0.2, 0.25) is 0 Å². The van der Waals surface area contributed by atoms with E-state index in [0.717, 1.165) is 6.54 Å². The standard InChI is InChI=1S/C26H35N3O5/c1-17-14-28(3)18(2)16-34-23-13-20(27-25(30)19-7-10-21(32-5)11-8-19)9-12-22(23)26(31)29(4)15-24(17)33-6/h7-13,17-18,24H,14-16H2,1-6H3,(H,27,30)/t17-,18-,24+/m1/s1. The van der Waals surface area contributed by atoms with Gasteiger partial charge in [-0.2, -0.15) is 0 Å². The van der Waals surface area contributed by atoms with Crippen LogP contribution in [0, 0.1) is 5.92 Å². The Balaban J connectivity index is 1.87. The summed E-state index contributed by atoms with van der Waals surface area (Å²) >= 11 is 0. The number of anilines is 1. The Bertz CT molecular complexity index is 994. The summed E-state index contributed by atoms with van der Waals surface area (Å²) in [5.41, 5.74) is 1.50. The summed E-state index contributed by atoms with van der Waals surface area (Å²) in [5, 5.41) is 2.89. The van der Waals surface area contributed by atoms with Crippen molar-refractivity contribution in [3.05, 3.63) is 53.6 Å². The van der Waals surface area contributed by atoms with Gasteiger partial charge in [-0.05, 0) is 56.3 Å². The molecule has 8 nitrogen and oxygen atoms in total. The predicted octanol–water partition coefficient (Wildman–Crippen LogP) is 3.38. The molecular weight excluding hydrogens is 434 g/mol. The molecule has 1 aliphatic rings. The summed E-state index contributed by atoms with van der Waals surface area (Å²) in [4.78, 5) is 29.9. The molecule has 34 heavy (non-hydrogen) atoms. The monoisotopic (exact) mass is 469 g/mol. The van der Waals surface area contributed by atoms with Crippen LogP contribution in [-0.2, 0) is 4.74 Å². The Morgan fingerprint density at radius 2 is 1.76 bits per heavy atom. The number of carbonyl (C=O) groups excluding carboxylic acids is 2. The fraction of sp³-hybridized carbons (Fsp3) is 0.462. The minimum atomic E-state index is -0.260. The molecule has 2 aromatic rings. The second-order valence-electron chi connectivity index (χ2n) is 8.93. The van der Waals surface area contributed by atoms with E-state index in [4.69, 9.17) is 14.2 Å². The van der Waals surface area contributed by atoms with E-state index in [0.29, 0.717) is 41.5 Å². The summed E-state index contributed by atoms with van der Waals surface area (Å²) in [5.74, 6) is 0.939. The molecule has 3 atom stereocenters. The van der Waals surface area contributed by atoms with Gasteiger partial charge in [0.25, 0.3) is 11.8 Å². The molecule has 1 N–H and O–H groups in total. The molecule has 0 aromatic heterocycles. The predicted molar refractivity (Wildman–Crippen MR) is 132 cm³/mol. The Morgan fingerprint density at radius 3 is 2.41 bits per heavy atom. The molecule has 8 heteroatoms. The van der Waals surface area contributed by atoms with E-state index in [2.05, 4.69) is 31.1 Å². The van der Waals surface area contributed by atoms with Gasteiger partial charge in [-0.15, -0.1) is 0 Å². The van der Waals surface area contributed by atoms with Crippen LogP contribution in [0.4, 0.5) is 5.69 Å². The second-order valence-corrected chi connectivity index (χ2v) is 8.93. The van der Waals surface area contributed by atoms with Crippen molar-refractivity contribution in [2.24, 2.45) is 5.92 Å². The molecule has 184 valence electrons. The molecule has 0 aliphatic carbocycles. The van der Waals surface area contributed by atoms with Crippen LogP contribution in [-0.4, -0.2) is 81.8 Å². The van der Waals surface area contributed by atoms with Crippen LogP contribution >= 0.6 is 0 Å². The van der Waals surface area contributed by atoms with E-state index < -0.39 is 0 Å². The minimum Gasteiger partial charge on any atom is -0.497 e. The highest BCUT2D eigenvalue weighted by atomic mass is 16.5. The quantitative estimate of drug-likeness (QED) is 0.740. The van der Waals surface area contributed by atoms with E-state index in [9.17, 15) is 9.59 Å². The zero-order valence-corrected chi connectivity index (χ0v) is 20.8. The number of hydrogen-bond acceptors (Lipinski definition) is 6. The van der Waals surface area contributed by atoms with E-state index in [1.807, 2.05) is 0 Å². The maximum absolute atomic E-state index is 13.3. The third kappa shape index (κ3) is 6.07. The third-order valence-electron chi connectivity index (χ3n) is 6.37. The molecule has 0 radical (unpaired) electrons. The van der Waals surface area contributed by atoms with Crippen LogP contribution < -0.4 is 14.8 Å². The summed E-state index contributed by atoms with van der Waals surface area (Å²) in [6, 6.07) is 12.1. The van der Waals surface area contributed by atoms with Crippen molar-refractivity contribution in [1.82, 2.24) is 9.80 Å². The number of carbonyl (C=O) groups is 2. The summed E-state index contributed by atoms with van der Waals surface area (Å²) in [7, 11) is 7.09. The lowest BCUT2D eigenvalue weighted by molar-refractivity contribution is 0.0150. The van der Waals surface area contributed by atoms with Crippen molar-refractivity contribution < 1.29 is 23.8 Å². The lowest BCUT2D eigenvalue weighted by atomic mass is 10.0. The lowest BCUT2D eigenvalue weighted by Crippen LogP contribution is -2.45. The Hall–Kier alpha value is -3.10. The number of amides is 2. The molecule has 0 bridgehead atoms. The number of benzene rings is 2. The second kappa shape index (κ2) is 11.4. The number of fused-ring (bicyclic) bond motifs is 1. The van der Waals surface area contributed by atoms with Crippen LogP contribution in [0.2, 0.25) is 0 Å². The molecule has 1 heterocycles. The van der Waals surface area contributed by atoms with Gasteiger partial charge in [0.15, 0.2) is 0 Å². The first-order valence-electron chi connectivity index (χ1n) is 11.4. The fourth-order valence-corrected chi connectivity index (χ4v) is 3.98. The van der Waals surface area contributed by atoms with E-state index in [1.165, 1.54) is 0 Å². The third-order valence-corrected chi connectivity index (χ3v) is 6.37. The van der Waals surface area contributed by atoms with Crippen molar-refractivity contribution in [2.75, 3.05) is 53.3 Å². The SMILES string of the molecule is COc1ccc(C(=O)Nc2ccc3c(c2)OC[C@@H](C)N(C)C[C@@H](C)[C@@H](OC)CN(C)C3=O)cc1. The van der Waals surface area contributed by atoms with E-state index in [1.54, 1.807) is 68.6 Å². The molecule has 0 saturated carbocycles. The van der Waals surface area contributed by atoms with Crippen LogP contribution in [0.1, 0.15) is 34.6 Å². The lowest BCUT2D eigenvalue weighted by Gasteiger charge is -2.34. The van der Waals surface area contributed by atoms with Gasteiger partial charge in [0.1, 0.15) is 18.1 Å². The van der Waals surface area contributed by atoms with Crippen LogP contribution in [0.15, 0.2) is 42.5 Å². The first-order chi connectivity index (χ1) is 16.2. The number of nitrogens with one attached hydrogen (secondary N) is 1. The summed E-state index contributed by atoms with van der Waals surface area (Å²) in [6.07, 6.45) is -0.0875. The van der Waals surface area contributed by atoms with Crippen molar-refractivity contribution in [3.8, 4) is 11.5 Å². The van der Waals surface area contributed by atoms with Gasteiger partial charge >= 0.3 is 0 Å². The van der Waals surface area contributed by atoms with Gasteiger partial charge in [0, 0.05) is 50.6 Å². The number of methoxy groups -OCH3 is 2. The fourth-order valence-electron chi connectivity index (χ4n) is 3.98. The largest absolute Gasteiger partial charge is 0.497 e. The average Bonchev–Trinajstić information content (AvgIpc) is 2.84. The molecule has 0 spiro atoms. The topological polar surface area (TPSA) is 80.3 Å². The molecule has 3 rings (SSSR count). The van der Waals surface area contributed by atoms with Gasteiger partial charge in [0.05, 0.1) is 18.8 Å². The summed E-state index contributed by atoms with van der Waals surface area (Å²) < 4.78 is 17.0. The number of ether oxygens (including phenoxy) is 3. The molecule has 0 saturated heterocycles. The average molecular weight is 470 g/mol. The first kappa shape index (κ1) is 25.5. The highest BCUT2D eigenvalue weighted by Gasteiger charge is 2.27. The van der Waals surface area contributed by atoms with Gasteiger partial charge < -0.3 is 24.4 Å². The number of likely N-dealkylation sites (N-methyl/N-ethyl adjacent to an activating group) is 2. The normalized spacial score (nSPS) is 22.1. The van der Waals surface area contributed by atoms with Crippen LogP contribution in [0.5, 0.6) is 11.5 Å². The maximum Gasteiger partial charge on any atom is 0.257 e. The first-order valence-corrected chi connectivity index (χ1v) is 11.4. The van der Waals surface area contributed by atoms with Crippen molar-refractivity contribution >= 4 is 17.5 Å². The van der Waals surface area contributed by atoms with Crippen molar-refractivity contribution in [3.63, 3.8) is 0 Å². The van der Waals surface area contributed by atoms with Crippen LogP contribution in [0.3, 0.4) is 0 Å². The van der Waals surface area contributed by atoms with Crippen LogP contribution in [0.25, 0.3) is 0 Å². The van der Waals surface area contributed by atoms with Crippen molar-refractivity contribution in [2.45, 2.75) is 26.0 Å². The van der Waals surface area contributed by atoms with Gasteiger partial charge in [-0.3, -0.25) is 14.5 Å². The smallest absolute Gasteiger partial charge is 0.257 e. The molecule has 1 aliphatic heterocycles. The zero-order chi connectivity index (χ0) is 24.8. The number of rotatable bonds is 4. The Kier molecular flexibility index (Phi) is 8.52. The van der Waals surface area contributed by atoms with E-state index in [-0.39, 0.29) is 29.9 Å². The van der Waals surface area contributed by atoms with E-state index >= 15 is 0 Å². The Morgan fingerprint density at radius 1 is 1.06 bits per heavy atom. The minimum absolute atomic E-state index is 0.0875. The van der Waals surface area contributed by atoms with Gasteiger partial charge in [-0.25, -0.2) is 0 Å². The molecule has 2 aromatic carbocycles. The number of hydrogen-bond donors (Lipinski definition) is 1. The molecule has 0 unspecified atom stereocenters. The maximum atomic E-state index is 13.3. The highest BCUT2D eigenvalue weighted by molar-refractivity contribution is 6.05. The molecule has 2 amide bonds. The zero-order valence-electron chi connectivity index (χ0n) is 20.8. The highest BCUT2D eigenvalue weighted by Crippen LogP contribution is 2.27. The molecular formula is C26H35N3O5. The Labute approximate surface area is 201 Å². The van der Waals surface area contributed by atoms with Crippen molar-refractivity contribution in [1.29, 1.82) is 0 Å².